The molecular formula is C16H14Cl2N6O3. The fourth-order valence-corrected chi connectivity index (χ4v) is 2.73. The molecule has 1 aromatic carbocycles. The van der Waals surface area contributed by atoms with Crippen LogP contribution >= 0.6 is 23.2 Å². The van der Waals surface area contributed by atoms with Gasteiger partial charge in [0, 0.05) is 11.2 Å². The van der Waals surface area contributed by atoms with E-state index in [1.54, 1.807) is 23.9 Å². The van der Waals surface area contributed by atoms with Gasteiger partial charge in [0.05, 0.1) is 11.5 Å². The highest BCUT2D eigenvalue weighted by molar-refractivity contribution is 6.33. The van der Waals surface area contributed by atoms with Gasteiger partial charge < -0.3 is 5.32 Å². The molecule has 0 aliphatic rings. The summed E-state index contributed by atoms with van der Waals surface area (Å²) in [4.78, 5) is 22.5. The molecule has 0 saturated carbocycles. The van der Waals surface area contributed by atoms with Crippen molar-refractivity contribution < 1.29 is 9.72 Å². The van der Waals surface area contributed by atoms with Crippen LogP contribution < -0.4 is 5.32 Å². The standard InChI is InChI=1S/C16H14Cl2N6O3/c1-10(23-8-12(6-19-23)24(26)27)16(25)20-15-14(18)9-22(21-15)7-11-4-2-3-5-13(11)17/h2-6,8-10H,7H2,1H3,(H,20,21,25). The summed E-state index contributed by atoms with van der Waals surface area (Å²) in [5, 5.41) is 22.3. The Kier molecular flexibility index (Phi) is 5.43. The lowest BCUT2D eigenvalue weighted by Gasteiger charge is -2.11. The third kappa shape index (κ3) is 4.26. The van der Waals surface area contributed by atoms with Crippen LogP contribution in [-0.4, -0.2) is 30.4 Å². The zero-order valence-corrected chi connectivity index (χ0v) is 15.6. The zero-order chi connectivity index (χ0) is 19.6. The lowest BCUT2D eigenvalue weighted by atomic mass is 10.2. The maximum atomic E-state index is 12.4. The fourth-order valence-electron chi connectivity index (χ4n) is 2.34. The molecule has 2 aromatic heterocycles. The van der Waals surface area contributed by atoms with Crippen molar-refractivity contribution in [1.29, 1.82) is 0 Å². The number of halogens is 2. The normalized spacial score (nSPS) is 12.0. The molecule has 3 rings (SSSR count). The van der Waals surface area contributed by atoms with Gasteiger partial charge in [0.1, 0.15) is 23.5 Å². The smallest absolute Gasteiger partial charge is 0.306 e. The molecule has 1 amide bonds. The first-order valence-electron chi connectivity index (χ1n) is 7.81. The molecular weight excluding hydrogens is 395 g/mol. The van der Waals surface area contributed by atoms with Crippen molar-refractivity contribution >= 4 is 40.6 Å². The van der Waals surface area contributed by atoms with Crippen LogP contribution in [0.1, 0.15) is 18.5 Å². The van der Waals surface area contributed by atoms with Crippen LogP contribution in [-0.2, 0) is 11.3 Å². The van der Waals surface area contributed by atoms with E-state index in [0.717, 1.165) is 11.8 Å². The predicted octanol–water partition coefficient (Wildman–Crippen LogP) is 3.54. The van der Waals surface area contributed by atoms with Crippen LogP contribution in [0.5, 0.6) is 0 Å². The first-order valence-corrected chi connectivity index (χ1v) is 8.56. The number of anilines is 1. The summed E-state index contributed by atoms with van der Waals surface area (Å²) in [6.07, 6.45) is 3.83. The number of carbonyl (C=O) groups is 1. The number of amides is 1. The van der Waals surface area contributed by atoms with Gasteiger partial charge in [-0.2, -0.15) is 10.2 Å². The van der Waals surface area contributed by atoms with E-state index in [2.05, 4.69) is 15.5 Å². The van der Waals surface area contributed by atoms with Gasteiger partial charge in [-0.15, -0.1) is 0 Å². The molecule has 11 heteroatoms. The Hall–Kier alpha value is -2.91. The van der Waals surface area contributed by atoms with E-state index in [1.807, 2.05) is 18.2 Å². The van der Waals surface area contributed by atoms with E-state index < -0.39 is 16.9 Å². The van der Waals surface area contributed by atoms with E-state index in [4.69, 9.17) is 23.2 Å². The topological polar surface area (TPSA) is 108 Å². The first kappa shape index (κ1) is 18.9. The summed E-state index contributed by atoms with van der Waals surface area (Å²) < 4.78 is 2.75. The molecule has 2 heterocycles. The minimum absolute atomic E-state index is 0.183. The Morgan fingerprint density at radius 2 is 2.04 bits per heavy atom. The van der Waals surface area contributed by atoms with Gasteiger partial charge in [0.2, 0.25) is 5.91 Å². The van der Waals surface area contributed by atoms with Crippen molar-refractivity contribution in [3.8, 4) is 0 Å². The Morgan fingerprint density at radius 3 is 2.70 bits per heavy atom. The minimum atomic E-state index is -0.788. The summed E-state index contributed by atoms with van der Waals surface area (Å²) in [7, 11) is 0. The zero-order valence-electron chi connectivity index (χ0n) is 14.0. The van der Waals surface area contributed by atoms with E-state index >= 15 is 0 Å². The van der Waals surface area contributed by atoms with Gasteiger partial charge in [-0.1, -0.05) is 41.4 Å². The van der Waals surface area contributed by atoms with Crippen LogP contribution in [0, 0.1) is 10.1 Å². The molecule has 1 atom stereocenters. The number of hydrogen-bond donors (Lipinski definition) is 1. The van der Waals surface area contributed by atoms with Crippen LogP contribution in [0.3, 0.4) is 0 Å². The Balaban J connectivity index is 1.71. The largest absolute Gasteiger partial charge is 0.307 e. The highest BCUT2D eigenvalue weighted by Gasteiger charge is 2.21. The molecule has 9 nitrogen and oxygen atoms in total. The van der Waals surface area contributed by atoms with Crippen LogP contribution in [0.15, 0.2) is 42.9 Å². The van der Waals surface area contributed by atoms with Crippen molar-refractivity contribution in [2.75, 3.05) is 5.32 Å². The van der Waals surface area contributed by atoms with Gasteiger partial charge in [0.15, 0.2) is 5.82 Å². The van der Waals surface area contributed by atoms with E-state index in [-0.39, 0.29) is 16.5 Å². The number of rotatable bonds is 6. The summed E-state index contributed by atoms with van der Waals surface area (Å²) >= 11 is 12.3. The van der Waals surface area contributed by atoms with Gasteiger partial charge >= 0.3 is 5.69 Å². The highest BCUT2D eigenvalue weighted by Crippen LogP contribution is 2.23. The molecule has 1 N–H and O–H groups in total. The van der Waals surface area contributed by atoms with E-state index in [1.165, 1.54) is 10.9 Å². The molecule has 0 spiro atoms. The minimum Gasteiger partial charge on any atom is -0.306 e. The maximum absolute atomic E-state index is 12.4. The van der Waals surface area contributed by atoms with Crippen LogP contribution in [0.4, 0.5) is 11.5 Å². The van der Waals surface area contributed by atoms with E-state index in [9.17, 15) is 14.9 Å². The van der Waals surface area contributed by atoms with Crippen molar-refractivity contribution in [1.82, 2.24) is 19.6 Å². The number of nitro groups is 1. The van der Waals surface area contributed by atoms with Crippen molar-refractivity contribution in [3.63, 3.8) is 0 Å². The Morgan fingerprint density at radius 1 is 1.30 bits per heavy atom. The average molecular weight is 409 g/mol. The lowest BCUT2D eigenvalue weighted by molar-refractivity contribution is -0.385. The van der Waals surface area contributed by atoms with Gasteiger partial charge in [-0.05, 0) is 18.6 Å². The number of nitrogens with one attached hydrogen (secondary N) is 1. The Bertz CT molecular complexity index is 1000. The predicted molar refractivity (Wildman–Crippen MR) is 100 cm³/mol. The van der Waals surface area contributed by atoms with Gasteiger partial charge in [-0.3, -0.25) is 24.3 Å². The molecule has 0 fully saturated rings. The van der Waals surface area contributed by atoms with Crippen LogP contribution in [0.2, 0.25) is 10.0 Å². The summed E-state index contributed by atoms with van der Waals surface area (Å²) in [6, 6.07) is 6.54. The second kappa shape index (κ2) is 7.77. The number of aromatic nitrogens is 4. The second-order valence-corrected chi connectivity index (χ2v) is 6.53. The first-order chi connectivity index (χ1) is 12.8. The number of nitrogens with zero attached hydrogens (tertiary/aromatic N) is 5. The van der Waals surface area contributed by atoms with Gasteiger partial charge in [0.25, 0.3) is 0 Å². The molecule has 0 aliphatic heterocycles. The van der Waals surface area contributed by atoms with Gasteiger partial charge in [-0.25, -0.2) is 0 Å². The Labute approximate surface area is 163 Å². The number of hydrogen-bond acceptors (Lipinski definition) is 5. The van der Waals surface area contributed by atoms with E-state index in [0.29, 0.717) is 11.6 Å². The fraction of sp³-hybridized carbons (Fsp3) is 0.188. The monoisotopic (exact) mass is 408 g/mol. The maximum Gasteiger partial charge on any atom is 0.307 e. The quantitative estimate of drug-likeness (QED) is 0.495. The molecule has 1 unspecified atom stereocenters. The van der Waals surface area contributed by atoms with Crippen LogP contribution in [0.25, 0.3) is 0 Å². The molecule has 140 valence electrons. The summed E-state index contributed by atoms with van der Waals surface area (Å²) in [5.74, 6) is -0.278. The molecule has 0 saturated heterocycles. The average Bonchev–Trinajstić information content (AvgIpc) is 3.24. The number of carbonyl (C=O) groups excluding carboxylic acids is 1. The third-order valence-electron chi connectivity index (χ3n) is 3.82. The summed E-state index contributed by atoms with van der Waals surface area (Å²) in [5.41, 5.74) is 0.658. The summed E-state index contributed by atoms with van der Waals surface area (Å²) in [6.45, 7) is 1.94. The molecule has 27 heavy (non-hydrogen) atoms. The van der Waals surface area contributed by atoms with Crippen molar-refractivity contribution in [2.45, 2.75) is 19.5 Å². The van der Waals surface area contributed by atoms with Crippen molar-refractivity contribution in [3.05, 3.63) is 68.6 Å². The number of benzene rings is 1. The lowest BCUT2D eigenvalue weighted by Crippen LogP contribution is -2.24. The molecule has 3 aromatic rings. The highest BCUT2D eigenvalue weighted by atomic mass is 35.5. The SMILES string of the molecule is CC(C(=O)Nc1nn(Cc2ccccc2Cl)cc1Cl)n1cc([N+](=O)[O-])cn1. The second-order valence-electron chi connectivity index (χ2n) is 5.72. The molecule has 0 bridgehead atoms. The third-order valence-corrected chi connectivity index (χ3v) is 4.47. The molecule has 0 aliphatic carbocycles. The van der Waals surface area contributed by atoms with Crippen molar-refractivity contribution in [2.24, 2.45) is 0 Å². The molecule has 0 radical (unpaired) electrons.